The Labute approximate surface area is 141 Å². The fourth-order valence-electron chi connectivity index (χ4n) is 2.07. The molecule has 1 rings (SSSR count). The van der Waals surface area contributed by atoms with E-state index in [4.69, 9.17) is 14.2 Å². The molecule has 0 aliphatic carbocycles. The smallest absolute Gasteiger partial charge is 0.407 e. The van der Waals surface area contributed by atoms with Crippen molar-refractivity contribution < 1.29 is 28.9 Å². The topological polar surface area (TPSA) is 94.1 Å². The molecule has 0 radical (unpaired) electrons. The second-order valence-corrected chi connectivity index (χ2v) is 6.30. The van der Waals surface area contributed by atoms with Gasteiger partial charge in [0.2, 0.25) is 0 Å². The third-order valence-electron chi connectivity index (χ3n) is 3.19. The highest BCUT2D eigenvalue weighted by Crippen LogP contribution is 2.26. The number of amides is 1. The molecule has 1 atom stereocenters. The molecule has 7 nitrogen and oxygen atoms in total. The summed E-state index contributed by atoms with van der Waals surface area (Å²) in [5.41, 5.74) is 0.0500. The summed E-state index contributed by atoms with van der Waals surface area (Å²) in [4.78, 5) is 23.2. The Balaban J connectivity index is 2.80. The summed E-state index contributed by atoms with van der Waals surface area (Å²) in [6, 6.07) is 5.17. The van der Waals surface area contributed by atoms with Gasteiger partial charge >= 0.3 is 12.1 Å². The normalized spacial score (nSPS) is 12.2. The maximum atomic E-state index is 11.7. The number of carboxylic acid groups (broad SMARTS) is 1. The van der Waals surface area contributed by atoms with E-state index in [9.17, 15) is 14.7 Å². The van der Waals surface area contributed by atoms with Gasteiger partial charge in [-0.1, -0.05) is 0 Å². The number of aliphatic carboxylic acids is 1. The van der Waals surface area contributed by atoms with Crippen LogP contribution in [0.25, 0.3) is 0 Å². The summed E-state index contributed by atoms with van der Waals surface area (Å²) in [5, 5.41) is 11.9. The van der Waals surface area contributed by atoms with E-state index in [-0.39, 0.29) is 13.0 Å². The zero-order chi connectivity index (χ0) is 18.3. The first-order valence-corrected chi connectivity index (χ1v) is 7.57. The third-order valence-corrected chi connectivity index (χ3v) is 3.19. The number of rotatable bonds is 7. The Morgan fingerprint density at radius 3 is 2.38 bits per heavy atom. The van der Waals surface area contributed by atoms with Crippen molar-refractivity contribution in [3.8, 4) is 11.5 Å². The average Bonchev–Trinajstić information content (AvgIpc) is 2.49. The minimum Gasteiger partial charge on any atom is -0.497 e. The number of ether oxygens (including phenoxy) is 3. The van der Waals surface area contributed by atoms with Gasteiger partial charge in [-0.15, -0.1) is 0 Å². The predicted molar refractivity (Wildman–Crippen MR) is 88.6 cm³/mol. The summed E-state index contributed by atoms with van der Waals surface area (Å²) in [6.45, 7) is 5.16. The molecule has 0 spiro atoms. The van der Waals surface area contributed by atoms with Gasteiger partial charge in [0.15, 0.2) is 0 Å². The van der Waals surface area contributed by atoms with E-state index in [1.165, 1.54) is 14.2 Å². The molecule has 1 amide bonds. The highest BCUT2D eigenvalue weighted by molar-refractivity contribution is 5.73. The highest BCUT2D eigenvalue weighted by atomic mass is 16.6. The van der Waals surface area contributed by atoms with E-state index in [1.54, 1.807) is 39.0 Å². The maximum Gasteiger partial charge on any atom is 0.407 e. The van der Waals surface area contributed by atoms with Gasteiger partial charge in [0.25, 0.3) is 0 Å². The molecule has 1 aromatic rings. The van der Waals surface area contributed by atoms with E-state index in [0.29, 0.717) is 17.1 Å². The minimum absolute atomic E-state index is 0.0510. The quantitative estimate of drug-likeness (QED) is 0.792. The van der Waals surface area contributed by atoms with Crippen molar-refractivity contribution in [3.63, 3.8) is 0 Å². The summed E-state index contributed by atoms with van der Waals surface area (Å²) in [6.07, 6.45) is -0.461. The van der Waals surface area contributed by atoms with Gasteiger partial charge in [-0.2, -0.15) is 0 Å². The lowest BCUT2D eigenvalue weighted by atomic mass is 9.98. The SMILES string of the molecule is COc1ccc(OC)c(C[C@@H](CNC(=O)OC(C)(C)C)C(=O)O)c1. The van der Waals surface area contributed by atoms with Crippen LogP contribution in [0, 0.1) is 5.92 Å². The number of methoxy groups -OCH3 is 2. The van der Waals surface area contributed by atoms with Crippen LogP contribution in [0.4, 0.5) is 4.79 Å². The Morgan fingerprint density at radius 2 is 1.88 bits per heavy atom. The van der Waals surface area contributed by atoms with Crippen LogP contribution >= 0.6 is 0 Å². The predicted octanol–water partition coefficient (Wildman–Crippen LogP) is 2.47. The zero-order valence-corrected chi connectivity index (χ0v) is 14.7. The van der Waals surface area contributed by atoms with Crippen LogP contribution in [0.1, 0.15) is 26.3 Å². The van der Waals surface area contributed by atoms with E-state index >= 15 is 0 Å². The van der Waals surface area contributed by atoms with E-state index in [0.717, 1.165) is 0 Å². The molecule has 0 heterocycles. The van der Waals surface area contributed by atoms with Crippen LogP contribution in [0.2, 0.25) is 0 Å². The van der Waals surface area contributed by atoms with Crippen LogP contribution < -0.4 is 14.8 Å². The number of carbonyl (C=O) groups is 2. The first-order valence-electron chi connectivity index (χ1n) is 7.57. The molecule has 0 bridgehead atoms. The van der Waals surface area contributed by atoms with Crippen LogP contribution in [0.5, 0.6) is 11.5 Å². The number of nitrogens with one attached hydrogen (secondary N) is 1. The molecule has 1 aromatic carbocycles. The number of carboxylic acids is 1. The van der Waals surface area contributed by atoms with Gasteiger partial charge in [-0.05, 0) is 51.0 Å². The fraction of sp³-hybridized carbons (Fsp3) is 0.529. The summed E-state index contributed by atoms with van der Waals surface area (Å²) >= 11 is 0. The molecule has 134 valence electrons. The van der Waals surface area contributed by atoms with E-state index < -0.39 is 23.6 Å². The van der Waals surface area contributed by atoms with Gasteiger partial charge in [-0.25, -0.2) is 4.79 Å². The number of hydrogen-bond acceptors (Lipinski definition) is 5. The summed E-state index contributed by atoms with van der Waals surface area (Å²) in [7, 11) is 3.05. The minimum atomic E-state index is -1.02. The van der Waals surface area contributed by atoms with Crippen LogP contribution in [0.3, 0.4) is 0 Å². The molecule has 0 fully saturated rings. The molecule has 2 N–H and O–H groups in total. The maximum absolute atomic E-state index is 11.7. The molecule has 7 heteroatoms. The lowest BCUT2D eigenvalue weighted by molar-refractivity contribution is -0.141. The third kappa shape index (κ3) is 6.36. The second kappa shape index (κ2) is 8.42. The van der Waals surface area contributed by atoms with Crippen molar-refractivity contribution in [1.82, 2.24) is 5.32 Å². The van der Waals surface area contributed by atoms with Gasteiger partial charge in [-0.3, -0.25) is 4.79 Å². The van der Waals surface area contributed by atoms with Crippen molar-refractivity contribution in [2.24, 2.45) is 5.92 Å². The first-order chi connectivity index (χ1) is 11.2. The number of alkyl carbamates (subject to hydrolysis) is 1. The highest BCUT2D eigenvalue weighted by Gasteiger charge is 2.23. The van der Waals surface area contributed by atoms with Gasteiger partial charge in [0.05, 0.1) is 20.1 Å². The lowest BCUT2D eigenvalue weighted by Crippen LogP contribution is -2.37. The summed E-state index contributed by atoms with van der Waals surface area (Å²) in [5.74, 6) is -0.663. The van der Waals surface area contributed by atoms with Crippen LogP contribution in [-0.4, -0.2) is 43.5 Å². The zero-order valence-electron chi connectivity index (χ0n) is 14.7. The standard InChI is InChI=1S/C17H25NO6/c1-17(2,3)24-16(21)18-10-12(15(19)20)8-11-9-13(22-4)6-7-14(11)23-5/h6-7,9,12H,8,10H2,1-5H3,(H,18,21)(H,19,20)/t12-/m0/s1. The van der Waals surface area contributed by atoms with Crippen molar-refractivity contribution in [2.75, 3.05) is 20.8 Å². The Hall–Kier alpha value is -2.44. The van der Waals surface area contributed by atoms with Crippen molar-refractivity contribution in [2.45, 2.75) is 32.8 Å². The van der Waals surface area contributed by atoms with Crippen molar-refractivity contribution in [3.05, 3.63) is 23.8 Å². The van der Waals surface area contributed by atoms with Crippen LogP contribution in [-0.2, 0) is 16.0 Å². The molecular formula is C17H25NO6. The largest absolute Gasteiger partial charge is 0.497 e. The Kier molecular flexibility index (Phi) is 6.88. The molecule has 24 heavy (non-hydrogen) atoms. The lowest BCUT2D eigenvalue weighted by Gasteiger charge is -2.21. The summed E-state index contributed by atoms with van der Waals surface area (Å²) < 4.78 is 15.5. The first kappa shape index (κ1) is 19.6. The number of carbonyl (C=O) groups excluding carboxylic acids is 1. The number of benzene rings is 1. The molecule has 0 aromatic heterocycles. The van der Waals surface area contributed by atoms with Gasteiger partial charge < -0.3 is 24.6 Å². The molecule has 0 saturated carbocycles. The van der Waals surface area contributed by atoms with Crippen molar-refractivity contribution in [1.29, 1.82) is 0 Å². The van der Waals surface area contributed by atoms with Gasteiger partial charge in [0, 0.05) is 6.54 Å². The van der Waals surface area contributed by atoms with Gasteiger partial charge in [0.1, 0.15) is 17.1 Å². The molecule has 0 aliphatic heterocycles. The molecule has 0 aliphatic rings. The van der Waals surface area contributed by atoms with E-state index in [1.807, 2.05) is 0 Å². The van der Waals surface area contributed by atoms with Crippen LogP contribution in [0.15, 0.2) is 18.2 Å². The second-order valence-electron chi connectivity index (χ2n) is 6.30. The average molecular weight is 339 g/mol. The molecule has 0 unspecified atom stereocenters. The monoisotopic (exact) mass is 339 g/mol. The molecule has 0 saturated heterocycles. The van der Waals surface area contributed by atoms with Crippen molar-refractivity contribution >= 4 is 12.1 Å². The van der Waals surface area contributed by atoms with E-state index in [2.05, 4.69) is 5.32 Å². The Morgan fingerprint density at radius 1 is 1.21 bits per heavy atom. The molecular weight excluding hydrogens is 314 g/mol. The number of hydrogen-bond donors (Lipinski definition) is 2. The fourth-order valence-corrected chi connectivity index (χ4v) is 2.07. The Bertz CT molecular complexity index is 579.